The lowest BCUT2D eigenvalue weighted by molar-refractivity contribution is 0.436. The maximum Gasteiger partial charge on any atom is 0.501 e. The van der Waals surface area contributed by atoms with Gasteiger partial charge in [-0.2, -0.15) is 0 Å². The lowest BCUT2D eigenvalue weighted by Gasteiger charge is -2.01. The van der Waals surface area contributed by atoms with Crippen LogP contribution in [0.2, 0.25) is 0 Å². The first kappa shape index (κ1) is 9.97. The Morgan fingerprint density at radius 2 is 1.88 bits per heavy atom. The number of para-hydroxylation sites is 1. The van der Waals surface area contributed by atoms with Gasteiger partial charge in [0.15, 0.2) is 0 Å². The summed E-state index contributed by atoms with van der Waals surface area (Å²) in [5.41, 5.74) is -0.688. The number of rotatable bonds is 0. The van der Waals surface area contributed by atoms with Gasteiger partial charge in [-0.3, -0.25) is 4.79 Å². The molecule has 1 aliphatic rings. The fourth-order valence-corrected chi connectivity index (χ4v) is 2.40. The predicted molar refractivity (Wildman–Crippen MR) is 56.4 cm³/mol. The van der Waals surface area contributed by atoms with E-state index in [1.54, 1.807) is 0 Å². The number of benzene rings is 1. The third-order valence-corrected chi connectivity index (χ3v) is 3.05. The number of aromatic nitrogens is 1. The summed E-state index contributed by atoms with van der Waals surface area (Å²) in [4.78, 5) is 13.9. The lowest BCUT2D eigenvalue weighted by atomic mass is 10.2. The smallest absolute Gasteiger partial charge is 0.501 e. The fourth-order valence-electron chi connectivity index (χ4n) is 1.64. The van der Waals surface area contributed by atoms with Gasteiger partial charge in [-0.25, -0.2) is 0 Å². The Balaban J connectivity index is 2.51. The highest BCUT2D eigenvalue weighted by Gasteiger charge is 2.33. The molecule has 2 aromatic rings. The van der Waals surface area contributed by atoms with E-state index >= 15 is 0 Å². The SMILES string of the molecule is O=c1[nH]c2c(O)cccc2c2c1OS(=O)(=O)O2. The van der Waals surface area contributed by atoms with E-state index in [4.69, 9.17) is 0 Å². The molecule has 2 heterocycles. The third-order valence-electron chi connectivity index (χ3n) is 2.31. The number of phenolic OH excluding ortho intramolecular Hbond substituents is 1. The summed E-state index contributed by atoms with van der Waals surface area (Å²) in [7, 11) is -4.23. The molecule has 0 amide bonds. The van der Waals surface area contributed by atoms with Crippen LogP contribution in [0.25, 0.3) is 10.9 Å². The summed E-state index contributed by atoms with van der Waals surface area (Å²) >= 11 is 0. The van der Waals surface area contributed by atoms with E-state index in [1.165, 1.54) is 18.2 Å². The molecule has 2 N–H and O–H groups in total. The number of fused-ring (bicyclic) bond motifs is 3. The Morgan fingerprint density at radius 3 is 2.65 bits per heavy atom. The first-order valence-electron chi connectivity index (χ1n) is 4.50. The van der Waals surface area contributed by atoms with Crippen LogP contribution in [0.3, 0.4) is 0 Å². The average Bonchev–Trinajstić information content (AvgIpc) is 2.57. The second-order valence-electron chi connectivity index (χ2n) is 3.39. The Labute approximate surface area is 94.6 Å². The number of nitrogens with one attached hydrogen (secondary N) is 1. The molecule has 0 atom stereocenters. The van der Waals surface area contributed by atoms with Crippen molar-refractivity contribution in [1.29, 1.82) is 0 Å². The number of pyridine rings is 1. The van der Waals surface area contributed by atoms with Crippen molar-refractivity contribution in [2.45, 2.75) is 0 Å². The van der Waals surface area contributed by atoms with Gasteiger partial charge in [0, 0.05) is 0 Å². The molecule has 0 unspecified atom stereocenters. The maximum absolute atomic E-state index is 11.5. The van der Waals surface area contributed by atoms with E-state index in [2.05, 4.69) is 13.4 Å². The minimum absolute atomic E-state index is 0.0944. The van der Waals surface area contributed by atoms with Gasteiger partial charge in [-0.15, -0.1) is 8.42 Å². The Bertz CT molecular complexity index is 791. The highest BCUT2D eigenvalue weighted by molar-refractivity contribution is 7.82. The van der Waals surface area contributed by atoms with Crippen molar-refractivity contribution in [2.24, 2.45) is 0 Å². The van der Waals surface area contributed by atoms with Crippen molar-refractivity contribution >= 4 is 21.3 Å². The van der Waals surface area contributed by atoms with E-state index in [0.717, 1.165) is 0 Å². The van der Waals surface area contributed by atoms with E-state index in [0.29, 0.717) is 0 Å². The molecule has 8 heteroatoms. The molecule has 1 aliphatic heterocycles. The zero-order chi connectivity index (χ0) is 12.2. The molecule has 1 aromatic carbocycles. The summed E-state index contributed by atoms with van der Waals surface area (Å²) in [5.74, 6) is -0.821. The van der Waals surface area contributed by atoms with Crippen molar-refractivity contribution in [2.75, 3.05) is 0 Å². The summed E-state index contributed by atoms with van der Waals surface area (Å²) < 4.78 is 31.2. The van der Waals surface area contributed by atoms with Crippen molar-refractivity contribution < 1.29 is 21.9 Å². The third kappa shape index (κ3) is 1.34. The van der Waals surface area contributed by atoms with Crippen LogP contribution >= 0.6 is 0 Å². The minimum atomic E-state index is -4.23. The summed E-state index contributed by atoms with van der Waals surface area (Å²) in [5, 5.41) is 9.79. The highest BCUT2D eigenvalue weighted by atomic mass is 32.3. The number of aromatic amines is 1. The van der Waals surface area contributed by atoms with Crippen LogP contribution in [0, 0.1) is 0 Å². The predicted octanol–water partition coefficient (Wildman–Crippen LogP) is 0.250. The Hall–Kier alpha value is -2.22. The molecule has 0 saturated carbocycles. The van der Waals surface area contributed by atoms with Gasteiger partial charge < -0.3 is 18.5 Å². The van der Waals surface area contributed by atoms with Gasteiger partial charge in [0.05, 0.1) is 10.9 Å². The zero-order valence-electron chi connectivity index (χ0n) is 8.13. The molecule has 3 rings (SSSR count). The van der Waals surface area contributed by atoms with Crippen molar-refractivity contribution in [3.05, 3.63) is 28.6 Å². The second-order valence-corrected chi connectivity index (χ2v) is 4.54. The van der Waals surface area contributed by atoms with E-state index in [9.17, 15) is 18.3 Å². The molecule has 0 bridgehead atoms. The van der Waals surface area contributed by atoms with Crippen LogP contribution in [-0.4, -0.2) is 18.5 Å². The van der Waals surface area contributed by atoms with Gasteiger partial charge in [0.25, 0.3) is 11.3 Å². The molecule has 0 radical (unpaired) electrons. The zero-order valence-corrected chi connectivity index (χ0v) is 8.95. The molecule has 0 aliphatic carbocycles. The van der Waals surface area contributed by atoms with Gasteiger partial charge in [0.1, 0.15) is 5.75 Å². The number of hydrogen-bond acceptors (Lipinski definition) is 6. The maximum atomic E-state index is 11.5. The van der Waals surface area contributed by atoms with Gasteiger partial charge >= 0.3 is 10.4 Å². The first-order valence-corrected chi connectivity index (χ1v) is 5.83. The van der Waals surface area contributed by atoms with Gasteiger partial charge in [0.2, 0.25) is 5.75 Å². The molecular formula is C9H5NO6S. The number of aromatic hydroxyl groups is 1. The fraction of sp³-hybridized carbons (Fsp3) is 0. The van der Waals surface area contributed by atoms with Crippen LogP contribution < -0.4 is 13.9 Å². The Morgan fingerprint density at radius 1 is 1.18 bits per heavy atom. The molecule has 0 spiro atoms. The number of phenols is 1. The minimum Gasteiger partial charge on any atom is -0.506 e. The van der Waals surface area contributed by atoms with Gasteiger partial charge in [-0.1, -0.05) is 6.07 Å². The number of H-pyrrole nitrogens is 1. The van der Waals surface area contributed by atoms with Crippen LogP contribution in [0.4, 0.5) is 0 Å². The van der Waals surface area contributed by atoms with Crippen LogP contribution in [-0.2, 0) is 10.4 Å². The van der Waals surface area contributed by atoms with Crippen molar-refractivity contribution in [3.63, 3.8) is 0 Å². The number of hydrogen-bond donors (Lipinski definition) is 2. The monoisotopic (exact) mass is 255 g/mol. The van der Waals surface area contributed by atoms with Crippen LogP contribution in [0.5, 0.6) is 17.2 Å². The standard InChI is InChI=1S/C9H5NO6S/c11-5-3-1-2-4-6(5)10-9(12)8-7(4)15-17(13,14)16-8/h1-3,11H,(H,10,12). The van der Waals surface area contributed by atoms with Gasteiger partial charge in [-0.05, 0) is 12.1 Å². The van der Waals surface area contributed by atoms with Crippen LogP contribution in [0.1, 0.15) is 0 Å². The average molecular weight is 255 g/mol. The van der Waals surface area contributed by atoms with E-state index in [-0.39, 0.29) is 22.4 Å². The summed E-state index contributed by atoms with van der Waals surface area (Å²) in [6, 6.07) is 4.34. The molecule has 1 aromatic heterocycles. The Kier molecular flexibility index (Phi) is 1.71. The van der Waals surface area contributed by atoms with Crippen molar-refractivity contribution in [3.8, 4) is 17.2 Å². The van der Waals surface area contributed by atoms with Crippen LogP contribution in [0.15, 0.2) is 23.0 Å². The largest absolute Gasteiger partial charge is 0.506 e. The topological polar surface area (TPSA) is 106 Å². The molecule has 0 saturated heterocycles. The molecule has 88 valence electrons. The summed E-state index contributed by atoms with van der Waals surface area (Å²) in [6.45, 7) is 0. The first-order chi connectivity index (χ1) is 7.98. The molecule has 7 nitrogen and oxygen atoms in total. The quantitative estimate of drug-likeness (QED) is 0.699. The normalized spacial score (nSPS) is 16.2. The molecule has 0 fully saturated rings. The summed E-state index contributed by atoms with van der Waals surface area (Å²) in [6.07, 6.45) is 0. The van der Waals surface area contributed by atoms with E-state index in [1.807, 2.05) is 0 Å². The van der Waals surface area contributed by atoms with E-state index < -0.39 is 21.7 Å². The second kappa shape index (κ2) is 2.92. The highest BCUT2D eigenvalue weighted by Crippen LogP contribution is 2.39. The lowest BCUT2D eigenvalue weighted by Crippen LogP contribution is -2.11. The molecular weight excluding hydrogens is 250 g/mol. The molecule has 17 heavy (non-hydrogen) atoms. The van der Waals surface area contributed by atoms with Crippen molar-refractivity contribution in [1.82, 2.24) is 4.98 Å².